The van der Waals surface area contributed by atoms with E-state index in [4.69, 9.17) is 37.0 Å². The highest BCUT2D eigenvalue weighted by molar-refractivity contribution is 7.47. The maximum Gasteiger partial charge on any atom is 0.472 e. The van der Waals surface area contributed by atoms with E-state index in [1.165, 1.54) is 128 Å². The number of hydrogen-bond donors (Lipinski definition) is 3. The molecule has 0 rings (SSSR count). The van der Waals surface area contributed by atoms with Gasteiger partial charge in [-0.2, -0.15) is 0 Å². The van der Waals surface area contributed by atoms with Gasteiger partial charge in [0.2, 0.25) is 0 Å². The lowest BCUT2D eigenvalue weighted by molar-refractivity contribution is -0.161. The molecule has 0 aromatic rings. The maximum absolute atomic E-state index is 13.0. The number of esters is 4. The zero-order valence-electron chi connectivity index (χ0n) is 54.2. The summed E-state index contributed by atoms with van der Waals surface area (Å²) in [5.74, 6) is -0.664. The van der Waals surface area contributed by atoms with Crippen LogP contribution in [0.25, 0.3) is 0 Å². The lowest BCUT2D eigenvalue weighted by Crippen LogP contribution is -2.30. The van der Waals surface area contributed by atoms with Gasteiger partial charge in [-0.05, 0) is 37.5 Å². The van der Waals surface area contributed by atoms with Crippen molar-refractivity contribution in [3.05, 3.63) is 0 Å². The van der Waals surface area contributed by atoms with Crippen LogP contribution in [0.15, 0.2) is 0 Å². The second kappa shape index (κ2) is 57.5. The predicted octanol–water partition coefficient (Wildman–Crippen LogP) is 18.0. The fourth-order valence-electron chi connectivity index (χ4n) is 9.68. The van der Waals surface area contributed by atoms with Gasteiger partial charge in [0, 0.05) is 25.7 Å². The Labute approximate surface area is 511 Å². The molecule has 0 spiro atoms. The molecule has 0 bridgehead atoms. The van der Waals surface area contributed by atoms with Crippen LogP contribution >= 0.6 is 15.6 Å². The van der Waals surface area contributed by atoms with E-state index >= 15 is 0 Å². The summed E-state index contributed by atoms with van der Waals surface area (Å²) < 4.78 is 68.0. The van der Waals surface area contributed by atoms with Crippen molar-refractivity contribution < 1.29 is 80.2 Å². The molecule has 3 N–H and O–H groups in total. The van der Waals surface area contributed by atoms with Crippen LogP contribution in [0.3, 0.4) is 0 Å². The number of ether oxygens (including phenoxy) is 4. The Morgan fingerprint density at radius 1 is 0.345 bits per heavy atom. The van der Waals surface area contributed by atoms with Crippen molar-refractivity contribution >= 4 is 39.5 Å². The number of phosphoric acid groups is 2. The summed E-state index contributed by atoms with van der Waals surface area (Å²) in [7, 11) is -9.89. The molecule has 0 amide bonds. The van der Waals surface area contributed by atoms with E-state index in [1.54, 1.807) is 0 Å². The number of carbonyl (C=O) groups excluding carboxylic acids is 4. The molecule has 0 aromatic carbocycles. The zero-order valence-corrected chi connectivity index (χ0v) is 56.0. The zero-order chi connectivity index (χ0) is 62.2. The summed E-state index contributed by atoms with van der Waals surface area (Å²) in [5, 5.41) is 10.5. The molecular formula is C65H126O17P2. The molecule has 0 saturated heterocycles. The Kier molecular flexibility index (Phi) is 56.2. The van der Waals surface area contributed by atoms with Crippen LogP contribution < -0.4 is 0 Å². The summed E-state index contributed by atoms with van der Waals surface area (Å²) in [6, 6.07) is 0. The van der Waals surface area contributed by atoms with Gasteiger partial charge in [0.1, 0.15) is 19.3 Å². The van der Waals surface area contributed by atoms with Crippen molar-refractivity contribution in [2.45, 2.75) is 342 Å². The van der Waals surface area contributed by atoms with Crippen molar-refractivity contribution in [2.75, 3.05) is 39.6 Å². The van der Waals surface area contributed by atoms with Gasteiger partial charge in [0.25, 0.3) is 0 Å². The average Bonchev–Trinajstić information content (AvgIpc) is 3.59. The first kappa shape index (κ1) is 82.1. The van der Waals surface area contributed by atoms with Crippen LogP contribution in [-0.2, 0) is 65.4 Å². The van der Waals surface area contributed by atoms with Crippen LogP contribution in [0.2, 0.25) is 0 Å². The number of aliphatic hydroxyl groups is 1. The monoisotopic (exact) mass is 1240 g/mol. The minimum Gasteiger partial charge on any atom is -0.462 e. The summed E-state index contributed by atoms with van der Waals surface area (Å²) in [6.07, 6.45) is 40.4. The van der Waals surface area contributed by atoms with E-state index in [0.717, 1.165) is 109 Å². The lowest BCUT2D eigenvalue weighted by Gasteiger charge is -2.21. The number of rotatable bonds is 64. The molecule has 0 fully saturated rings. The van der Waals surface area contributed by atoms with Crippen LogP contribution in [0, 0.1) is 11.8 Å². The van der Waals surface area contributed by atoms with E-state index < -0.39 is 97.5 Å². The fraction of sp³-hybridized carbons (Fsp3) is 0.938. The number of carbonyl (C=O) groups is 4. The van der Waals surface area contributed by atoms with Crippen molar-refractivity contribution in [2.24, 2.45) is 11.8 Å². The quantitative estimate of drug-likeness (QED) is 0.0222. The van der Waals surface area contributed by atoms with Crippen LogP contribution in [0.1, 0.15) is 324 Å². The third-order valence-electron chi connectivity index (χ3n) is 15.3. The van der Waals surface area contributed by atoms with Gasteiger partial charge in [-0.3, -0.25) is 37.3 Å². The number of aliphatic hydroxyl groups excluding tert-OH is 1. The van der Waals surface area contributed by atoms with Gasteiger partial charge in [0.05, 0.1) is 26.4 Å². The van der Waals surface area contributed by atoms with Gasteiger partial charge >= 0.3 is 39.5 Å². The molecule has 19 heteroatoms. The minimum absolute atomic E-state index is 0.103. The Morgan fingerprint density at radius 2 is 0.607 bits per heavy atom. The highest BCUT2D eigenvalue weighted by atomic mass is 31.2. The Balaban J connectivity index is 5.22. The second-order valence-electron chi connectivity index (χ2n) is 24.2. The van der Waals surface area contributed by atoms with Crippen molar-refractivity contribution in [3.63, 3.8) is 0 Å². The van der Waals surface area contributed by atoms with Gasteiger partial charge in [0.15, 0.2) is 12.2 Å². The smallest absolute Gasteiger partial charge is 0.462 e. The molecule has 0 aliphatic rings. The van der Waals surface area contributed by atoms with E-state index in [-0.39, 0.29) is 25.7 Å². The van der Waals surface area contributed by atoms with E-state index in [2.05, 4.69) is 41.5 Å². The first-order valence-electron chi connectivity index (χ1n) is 34.0. The summed E-state index contributed by atoms with van der Waals surface area (Å²) in [6.45, 7) is 9.41. The van der Waals surface area contributed by atoms with Crippen LogP contribution in [0.4, 0.5) is 0 Å². The first-order valence-corrected chi connectivity index (χ1v) is 37.0. The maximum atomic E-state index is 13.0. The highest BCUT2D eigenvalue weighted by Crippen LogP contribution is 2.45. The molecule has 0 heterocycles. The minimum atomic E-state index is -4.95. The molecule has 0 aliphatic carbocycles. The molecule has 6 atom stereocenters. The molecule has 3 unspecified atom stereocenters. The third-order valence-corrected chi connectivity index (χ3v) is 17.2. The number of unbranched alkanes of at least 4 members (excludes halogenated alkanes) is 33. The topological polar surface area (TPSA) is 237 Å². The highest BCUT2D eigenvalue weighted by Gasteiger charge is 2.30. The normalized spacial score (nSPS) is 14.6. The number of hydrogen-bond acceptors (Lipinski definition) is 15. The van der Waals surface area contributed by atoms with Gasteiger partial charge in [-0.1, -0.05) is 273 Å². The standard InChI is InChI=1S/C65H126O17P2/c1-7-10-12-14-16-17-18-19-20-21-22-23-31-37-43-49-64(69)81-61(54-76-63(68)48-42-36-30-25-24-29-34-40-46-58(6)9-3)56-80-84(73,74)78-52-59(66)51-77-83(71,72)79-55-60(53-75-62(67)47-41-35-27-15-13-11-8-2)82-65(70)50-44-38-32-26-28-33-39-45-57(4)5/h57-61,66H,7-56H2,1-6H3,(H,71,72)(H,73,74)/t58?,59-,60+,61+/m0/s1. The molecule has 84 heavy (non-hydrogen) atoms. The van der Waals surface area contributed by atoms with E-state index in [9.17, 15) is 43.2 Å². The fourth-order valence-corrected chi connectivity index (χ4v) is 11.3. The largest absolute Gasteiger partial charge is 0.472 e. The third kappa shape index (κ3) is 57.8. The van der Waals surface area contributed by atoms with Crippen molar-refractivity contribution in [1.29, 1.82) is 0 Å². The van der Waals surface area contributed by atoms with E-state index in [1.807, 2.05) is 0 Å². The molecule has 0 aliphatic heterocycles. The molecular weight excluding hydrogens is 1110 g/mol. The van der Waals surface area contributed by atoms with Crippen molar-refractivity contribution in [1.82, 2.24) is 0 Å². The summed E-state index contributed by atoms with van der Waals surface area (Å²) in [5.41, 5.74) is 0. The van der Waals surface area contributed by atoms with Crippen LogP contribution in [-0.4, -0.2) is 96.7 Å². The van der Waals surface area contributed by atoms with Gasteiger partial charge in [-0.15, -0.1) is 0 Å². The molecule has 17 nitrogen and oxygen atoms in total. The molecule has 0 saturated carbocycles. The van der Waals surface area contributed by atoms with Gasteiger partial charge in [-0.25, -0.2) is 9.13 Å². The Bertz CT molecular complexity index is 1650. The van der Waals surface area contributed by atoms with E-state index in [0.29, 0.717) is 31.6 Å². The Hall–Kier alpha value is -1.94. The SMILES string of the molecule is CCCCCCCCCCCCCCCCCC(=O)O[C@H](COC(=O)CCCCCCCCCCC(C)CC)COP(=O)(O)OC[C@@H](O)COP(=O)(O)OC[C@@H](COC(=O)CCCCCCCCC)OC(=O)CCCCCCCCCC(C)C. The second-order valence-corrected chi connectivity index (χ2v) is 27.1. The predicted molar refractivity (Wildman–Crippen MR) is 335 cm³/mol. The molecule has 0 aromatic heterocycles. The summed E-state index contributed by atoms with van der Waals surface area (Å²) in [4.78, 5) is 72.2. The molecule has 498 valence electrons. The first-order chi connectivity index (χ1) is 40.4. The van der Waals surface area contributed by atoms with Crippen molar-refractivity contribution in [3.8, 4) is 0 Å². The van der Waals surface area contributed by atoms with Crippen LogP contribution in [0.5, 0.6) is 0 Å². The lowest BCUT2D eigenvalue weighted by atomic mass is 9.99. The average molecular weight is 1240 g/mol. The Morgan fingerprint density at radius 3 is 0.905 bits per heavy atom. The molecule has 0 radical (unpaired) electrons. The van der Waals surface area contributed by atoms with Gasteiger partial charge < -0.3 is 33.8 Å². The number of phosphoric ester groups is 2. The summed E-state index contributed by atoms with van der Waals surface area (Å²) >= 11 is 0.